The van der Waals surface area contributed by atoms with Gasteiger partial charge < -0.3 is 15.1 Å². The van der Waals surface area contributed by atoms with E-state index in [9.17, 15) is 9.59 Å². The first kappa shape index (κ1) is 21.6. The summed E-state index contributed by atoms with van der Waals surface area (Å²) in [6.07, 6.45) is 12.1. The second-order valence-corrected chi connectivity index (χ2v) is 8.43. The topological polar surface area (TPSA) is 65.5 Å². The SMILES string of the molecule is CCCCNC(=O)c1ccc(N2CCN(C(=O)CCC3CCCCC3)CC2)nc1. The zero-order valence-electron chi connectivity index (χ0n) is 17.9. The predicted octanol–water partition coefficient (Wildman–Crippen LogP) is 3.62. The number of carbonyl (C=O) groups is 2. The Labute approximate surface area is 175 Å². The van der Waals surface area contributed by atoms with Crippen molar-refractivity contribution in [2.75, 3.05) is 37.6 Å². The summed E-state index contributed by atoms with van der Waals surface area (Å²) in [5.41, 5.74) is 0.598. The number of nitrogens with zero attached hydrogens (tertiary/aromatic N) is 3. The molecule has 0 atom stereocenters. The minimum absolute atomic E-state index is 0.0640. The van der Waals surface area contributed by atoms with Gasteiger partial charge in [-0.1, -0.05) is 45.4 Å². The van der Waals surface area contributed by atoms with Crippen molar-refractivity contribution >= 4 is 17.6 Å². The van der Waals surface area contributed by atoms with E-state index >= 15 is 0 Å². The van der Waals surface area contributed by atoms with Gasteiger partial charge in [-0.2, -0.15) is 0 Å². The van der Waals surface area contributed by atoms with E-state index < -0.39 is 0 Å². The fourth-order valence-corrected chi connectivity index (χ4v) is 4.33. The Morgan fingerprint density at radius 1 is 1.10 bits per heavy atom. The average molecular weight is 401 g/mol. The molecule has 0 radical (unpaired) electrons. The van der Waals surface area contributed by atoms with Crippen LogP contribution in [0.5, 0.6) is 0 Å². The van der Waals surface area contributed by atoms with Crippen molar-refractivity contribution in [3.05, 3.63) is 23.9 Å². The summed E-state index contributed by atoms with van der Waals surface area (Å²) >= 11 is 0. The van der Waals surface area contributed by atoms with Crippen LogP contribution in [0, 0.1) is 5.92 Å². The molecule has 1 aromatic rings. The van der Waals surface area contributed by atoms with Crippen molar-refractivity contribution in [2.24, 2.45) is 5.92 Å². The smallest absolute Gasteiger partial charge is 0.252 e. The number of rotatable bonds is 8. The van der Waals surface area contributed by atoms with Crippen molar-refractivity contribution in [3.63, 3.8) is 0 Å². The zero-order valence-corrected chi connectivity index (χ0v) is 17.9. The van der Waals surface area contributed by atoms with Gasteiger partial charge in [0.05, 0.1) is 5.56 Å². The van der Waals surface area contributed by atoms with Crippen LogP contribution >= 0.6 is 0 Å². The molecule has 1 saturated carbocycles. The summed E-state index contributed by atoms with van der Waals surface area (Å²) in [6.45, 7) is 5.91. The van der Waals surface area contributed by atoms with Crippen LogP contribution in [0.15, 0.2) is 18.3 Å². The summed E-state index contributed by atoms with van der Waals surface area (Å²) in [4.78, 5) is 33.3. The molecule has 6 heteroatoms. The molecule has 6 nitrogen and oxygen atoms in total. The van der Waals surface area contributed by atoms with Crippen LogP contribution in [0.2, 0.25) is 0 Å². The molecule has 29 heavy (non-hydrogen) atoms. The van der Waals surface area contributed by atoms with E-state index in [0.29, 0.717) is 24.4 Å². The monoisotopic (exact) mass is 400 g/mol. The average Bonchev–Trinajstić information content (AvgIpc) is 2.78. The second kappa shape index (κ2) is 11.2. The van der Waals surface area contributed by atoms with E-state index in [2.05, 4.69) is 22.1 Å². The molecule has 0 bridgehead atoms. The van der Waals surface area contributed by atoms with Crippen molar-refractivity contribution in [3.8, 4) is 0 Å². The van der Waals surface area contributed by atoms with Crippen molar-refractivity contribution in [1.29, 1.82) is 0 Å². The number of amides is 2. The molecular formula is C23H36N4O2. The number of hydrogen-bond acceptors (Lipinski definition) is 4. The first-order valence-electron chi connectivity index (χ1n) is 11.4. The molecule has 0 spiro atoms. The summed E-state index contributed by atoms with van der Waals surface area (Å²) in [5, 5.41) is 2.92. The van der Waals surface area contributed by atoms with Gasteiger partial charge in [0, 0.05) is 45.3 Å². The van der Waals surface area contributed by atoms with Crippen LogP contribution in [0.25, 0.3) is 0 Å². The summed E-state index contributed by atoms with van der Waals surface area (Å²) < 4.78 is 0. The number of hydrogen-bond donors (Lipinski definition) is 1. The number of aromatic nitrogens is 1. The van der Waals surface area contributed by atoms with E-state index in [1.165, 1.54) is 32.1 Å². The first-order valence-corrected chi connectivity index (χ1v) is 11.4. The van der Waals surface area contributed by atoms with Gasteiger partial charge in [0.25, 0.3) is 5.91 Å². The van der Waals surface area contributed by atoms with E-state index in [0.717, 1.165) is 57.2 Å². The maximum absolute atomic E-state index is 12.6. The zero-order chi connectivity index (χ0) is 20.5. The summed E-state index contributed by atoms with van der Waals surface area (Å²) in [7, 11) is 0. The third-order valence-electron chi connectivity index (χ3n) is 6.27. The van der Waals surface area contributed by atoms with Crippen LogP contribution in [-0.4, -0.2) is 54.4 Å². The maximum Gasteiger partial charge on any atom is 0.252 e. The summed E-state index contributed by atoms with van der Waals surface area (Å²) in [5.74, 6) is 1.88. The minimum Gasteiger partial charge on any atom is -0.353 e. The fraction of sp³-hybridized carbons (Fsp3) is 0.696. The van der Waals surface area contributed by atoms with Gasteiger partial charge in [-0.25, -0.2) is 4.98 Å². The van der Waals surface area contributed by atoms with E-state index in [1.54, 1.807) is 6.20 Å². The van der Waals surface area contributed by atoms with Gasteiger partial charge in [-0.3, -0.25) is 9.59 Å². The summed E-state index contributed by atoms with van der Waals surface area (Å²) in [6, 6.07) is 3.75. The van der Waals surface area contributed by atoms with Gasteiger partial charge in [-0.15, -0.1) is 0 Å². The molecular weight excluding hydrogens is 364 g/mol. The number of unbranched alkanes of at least 4 members (excludes halogenated alkanes) is 1. The molecule has 1 aliphatic carbocycles. The molecule has 1 saturated heterocycles. The first-order chi connectivity index (χ1) is 14.2. The molecule has 0 unspecified atom stereocenters. The third-order valence-corrected chi connectivity index (χ3v) is 6.27. The van der Waals surface area contributed by atoms with E-state index in [4.69, 9.17) is 0 Å². The normalized spacial score (nSPS) is 18.0. The highest BCUT2D eigenvalue weighted by atomic mass is 16.2. The Bertz CT molecular complexity index is 647. The fourth-order valence-electron chi connectivity index (χ4n) is 4.33. The lowest BCUT2D eigenvalue weighted by Gasteiger charge is -2.35. The molecule has 2 amide bonds. The molecule has 1 aliphatic heterocycles. The quantitative estimate of drug-likeness (QED) is 0.677. The lowest BCUT2D eigenvalue weighted by molar-refractivity contribution is -0.131. The standard InChI is InChI=1S/C23H36N4O2/c1-2-3-13-24-23(29)20-10-11-21(25-18-20)26-14-16-27(17-15-26)22(28)12-9-19-7-5-4-6-8-19/h10-11,18-19H,2-9,12-17H2,1H3,(H,24,29). The van der Waals surface area contributed by atoms with Gasteiger partial charge in [0.2, 0.25) is 5.91 Å². The molecule has 1 aromatic heterocycles. The van der Waals surface area contributed by atoms with Gasteiger partial charge in [0.1, 0.15) is 5.82 Å². The van der Waals surface area contributed by atoms with Crippen molar-refractivity contribution in [2.45, 2.75) is 64.7 Å². The number of carbonyl (C=O) groups excluding carboxylic acids is 2. The number of nitrogens with one attached hydrogen (secondary N) is 1. The van der Waals surface area contributed by atoms with Gasteiger partial charge in [0.15, 0.2) is 0 Å². The molecule has 0 aromatic carbocycles. The predicted molar refractivity (Wildman–Crippen MR) is 116 cm³/mol. The van der Waals surface area contributed by atoms with Gasteiger partial charge in [-0.05, 0) is 30.9 Å². The molecule has 2 heterocycles. The Balaban J connectivity index is 1.41. The Morgan fingerprint density at radius 2 is 1.86 bits per heavy atom. The lowest BCUT2D eigenvalue weighted by Crippen LogP contribution is -2.49. The minimum atomic E-state index is -0.0640. The maximum atomic E-state index is 12.6. The Kier molecular flexibility index (Phi) is 8.32. The molecule has 160 valence electrons. The van der Waals surface area contributed by atoms with Crippen LogP contribution in [0.4, 0.5) is 5.82 Å². The highest BCUT2D eigenvalue weighted by Gasteiger charge is 2.23. The third kappa shape index (κ3) is 6.44. The highest BCUT2D eigenvalue weighted by molar-refractivity contribution is 5.94. The van der Waals surface area contributed by atoms with Crippen LogP contribution in [0.1, 0.15) is 75.1 Å². The van der Waals surface area contributed by atoms with Crippen LogP contribution in [-0.2, 0) is 4.79 Å². The number of pyridine rings is 1. The van der Waals surface area contributed by atoms with E-state index in [1.807, 2.05) is 17.0 Å². The van der Waals surface area contributed by atoms with Gasteiger partial charge >= 0.3 is 0 Å². The lowest BCUT2D eigenvalue weighted by atomic mass is 9.86. The largest absolute Gasteiger partial charge is 0.353 e. The highest BCUT2D eigenvalue weighted by Crippen LogP contribution is 2.27. The molecule has 3 rings (SSSR count). The molecule has 1 N–H and O–H groups in total. The Hall–Kier alpha value is -2.11. The van der Waals surface area contributed by atoms with Crippen LogP contribution in [0.3, 0.4) is 0 Å². The number of piperazine rings is 1. The molecule has 2 fully saturated rings. The number of anilines is 1. The van der Waals surface area contributed by atoms with E-state index in [-0.39, 0.29) is 5.91 Å². The van der Waals surface area contributed by atoms with Crippen LogP contribution < -0.4 is 10.2 Å². The second-order valence-electron chi connectivity index (χ2n) is 8.43. The van der Waals surface area contributed by atoms with Crippen molar-refractivity contribution in [1.82, 2.24) is 15.2 Å². The van der Waals surface area contributed by atoms with Crippen molar-refractivity contribution < 1.29 is 9.59 Å². The Morgan fingerprint density at radius 3 is 2.52 bits per heavy atom. The molecule has 2 aliphatic rings.